The first-order valence-electron chi connectivity index (χ1n) is 17.8. The van der Waals surface area contributed by atoms with Gasteiger partial charge in [0.15, 0.2) is 0 Å². The number of benzene rings is 6. The van der Waals surface area contributed by atoms with E-state index in [-0.39, 0.29) is 11.8 Å². The minimum atomic E-state index is -0.235. The Kier molecular flexibility index (Phi) is 9.13. The van der Waals surface area contributed by atoms with Crippen molar-refractivity contribution in [3.05, 3.63) is 210 Å². The maximum absolute atomic E-state index is 10.2. The molecule has 6 aromatic rings. The SMILES string of the molecule is N#CC1=CC(c2cc(C3=CC(C#N)CC(c4ccccc4)=C3)cc(-c3cc(-c4ccccc4)cc(-c4ccccc4)c3)c2)CC(c2ccccc2)=C1. The molecule has 246 valence electrons. The average Bonchev–Trinajstić information content (AvgIpc) is 3.24. The fourth-order valence-corrected chi connectivity index (χ4v) is 7.46. The molecule has 2 atom stereocenters. The van der Waals surface area contributed by atoms with Gasteiger partial charge in [-0.15, -0.1) is 0 Å². The summed E-state index contributed by atoms with van der Waals surface area (Å²) < 4.78 is 0. The van der Waals surface area contributed by atoms with Gasteiger partial charge in [0.05, 0.1) is 18.1 Å². The summed E-state index contributed by atoms with van der Waals surface area (Å²) in [5.41, 5.74) is 15.3. The largest absolute Gasteiger partial charge is 0.198 e. The Labute approximate surface area is 306 Å². The summed E-state index contributed by atoms with van der Waals surface area (Å²) in [5.74, 6) is -0.242. The van der Waals surface area contributed by atoms with Crippen LogP contribution in [0.4, 0.5) is 0 Å². The number of rotatable bonds is 7. The highest BCUT2D eigenvalue weighted by molar-refractivity contribution is 5.89. The molecule has 0 fully saturated rings. The second-order valence-corrected chi connectivity index (χ2v) is 13.6. The Morgan fingerprint density at radius 3 is 1.38 bits per heavy atom. The van der Waals surface area contributed by atoms with Crippen LogP contribution >= 0.6 is 0 Å². The summed E-state index contributed by atoms with van der Waals surface area (Å²) in [6.07, 6.45) is 9.98. The molecule has 0 saturated carbocycles. The highest BCUT2D eigenvalue weighted by Crippen LogP contribution is 2.42. The van der Waals surface area contributed by atoms with Crippen molar-refractivity contribution < 1.29 is 0 Å². The van der Waals surface area contributed by atoms with Crippen LogP contribution in [-0.2, 0) is 0 Å². The lowest BCUT2D eigenvalue weighted by atomic mass is 9.80. The van der Waals surface area contributed by atoms with Gasteiger partial charge >= 0.3 is 0 Å². The molecule has 2 heteroatoms. The maximum Gasteiger partial charge on any atom is 0.0988 e. The first-order valence-corrected chi connectivity index (χ1v) is 17.8. The molecule has 0 radical (unpaired) electrons. The number of hydrogen-bond donors (Lipinski definition) is 0. The van der Waals surface area contributed by atoms with E-state index in [1.54, 1.807) is 0 Å². The minimum Gasteiger partial charge on any atom is -0.198 e. The van der Waals surface area contributed by atoms with Gasteiger partial charge in [-0.1, -0.05) is 152 Å². The van der Waals surface area contributed by atoms with Gasteiger partial charge in [-0.2, -0.15) is 10.5 Å². The highest BCUT2D eigenvalue weighted by Gasteiger charge is 2.23. The molecule has 2 aliphatic carbocycles. The van der Waals surface area contributed by atoms with E-state index in [1.807, 2.05) is 18.2 Å². The Balaban J connectivity index is 1.32. The van der Waals surface area contributed by atoms with Crippen LogP contribution in [0, 0.1) is 28.6 Å². The standard InChI is InChI=1S/C50H36N2/c51-33-35-21-41(37-13-5-1-6-14-37)25-43(23-35)47-30-48(44-24-36(34-52)22-42(26-44)38-15-7-2-8-16-38)32-50(31-47)49-28-45(39-17-9-3-10-18-39)27-46(29-49)40-19-11-4-12-20-40/h1-21,23-24,26-32,36,43H,22,25H2. The maximum atomic E-state index is 10.2. The van der Waals surface area contributed by atoms with Crippen molar-refractivity contribution in [2.24, 2.45) is 5.92 Å². The van der Waals surface area contributed by atoms with Crippen LogP contribution in [0.25, 0.3) is 50.1 Å². The quantitative estimate of drug-likeness (QED) is 0.170. The number of allylic oxidation sites excluding steroid dienone is 8. The van der Waals surface area contributed by atoms with Crippen molar-refractivity contribution in [1.29, 1.82) is 10.5 Å². The smallest absolute Gasteiger partial charge is 0.0988 e. The van der Waals surface area contributed by atoms with Crippen molar-refractivity contribution in [1.82, 2.24) is 0 Å². The van der Waals surface area contributed by atoms with Crippen molar-refractivity contribution >= 4 is 16.7 Å². The lowest BCUT2D eigenvalue weighted by Gasteiger charge is -2.24. The molecule has 0 aromatic heterocycles. The van der Waals surface area contributed by atoms with Gasteiger partial charge in [0, 0.05) is 11.5 Å². The monoisotopic (exact) mass is 664 g/mol. The Morgan fingerprint density at radius 1 is 0.423 bits per heavy atom. The molecule has 2 aliphatic rings. The third-order valence-corrected chi connectivity index (χ3v) is 10.1. The van der Waals surface area contributed by atoms with E-state index in [2.05, 4.69) is 176 Å². The second-order valence-electron chi connectivity index (χ2n) is 13.6. The summed E-state index contributed by atoms with van der Waals surface area (Å²) in [6, 6.07) is 60.5. The second kappa shape index (κ2) is 14.6. The molecule has 2 unspecified atom stereocenters. The van der Waals surface area contributed by atoms with Crippen molar-refractivity contribution in [3.63, 3.8) is 0 Å². The highest BCUT2D eigenvalue weighted by atomic mass is 14.3. The topological polar surface area (TPSA) is 47.6 Å². The van der Waals surface area contributed by atoms with Gasteiger partial charge in [0.1, 0.15) is 0 Å². The molecule has 0 amide bonds. The van der Waals surface area contributed by atoms with Crippen LogP contribution in [0.5, 0.6) is 0 Å². The van der Waals surface area contributed by atoms with Crippen molar-refractivity contribution in [2.45, 2.75) is 18.8 Å². The van der Waals surface area contributed by atoms with E-state index in [4.69, 9.17) is 0 Å². The summed E-state index contributed by atoms with van der Waals surface area (Å²) in [7, 11) is 0. The fourth-order valence-electron chi connectivity index (χ4n) is 7.46. The number of nitriles is 2. The lowest BCUT2D eigenvalue weighted by Crippen LogP contribution is -2.06. The Morgan fingerprint density at radius 2 is 0.865 bits per heavy atom. The molecule has 0 heterocycles. The van der Waals surface area contributed by atoms with Gasteiger partial charge in [-0.05, 0) is 116 Å². The normalized spacial score (nSPS) is 16.7. The number of hydrogen-bond acceptors (Lipinski definition) is 2. The van der Waals surface area contributed by atoms with Crippen LogP contribution in [0.3, 0.4) is 0 Å². The molecular weight excluding hydrogens is 629 g/mol. The molecule has 6 aromatic carbocycles. The van der Waals surface area contributed by atoms with Crippen LogP contribution in [0.1, 0.15) is 41.0 Å². The Hall–Kier alpha value is -6.74. The molecule has 0 aliphatic heterocycles. The molecule has 8 rings (SSSR count). The molecular formula is C50H36N2. The van der Waals surface area contributed by atoms with E-state index in [0.29, 0.717) is 12.0 Å². The van der Waals surface area contributed by atoms with Gasteiger partial charge in [-0.25, -0.2) is 0 Å². The van der Waals surface area contributed by atoms with E-state index < -0.39 is 0 Å². The molecule has 0 spiro atoms. The Bertz CT molecular complexity index is 2400. The lowest BCUT2D eigenvalue weighted by molar-refractivity contribution is 0.853. The van der Waals surface area contributed by atoms with E-state index in [9.17, 15) is 10.5 Å². The third-order valence-electron chi connectivity index (χ3n) is 10.1. The zero-order valence-corrected chi connectivity index (χ0v) is 28.8. The summed E-state index contributed by atoms with van der Waals surface area (Å²) >= 11 is 0. The predicted molar refractivity (Wildman–Crippen MR) is 214 cm³/mol. The zero-order valence-electron chi connectivity index (χ0n) is 28.8. The molecule has 0 N–H and O–H groups in total. The minimum absolute atomic E-state index is 0.00650. The van der Waals surface area contributed by atoms with E-state index in [1.165, 1.54) is 0 Å². The van der Waals surface area contributed by atoms with Gasteiger partial charge < -0.3 is 0 Å². The van der Waals surface area contributed by atoms with E-state index >= 15 is 0 Å². The van der Waals surface area contributed by atoms with Crippen LogP contribution in [0.2, 0.25) is 0 Å². The molecule has 0 bridgehead atoms. The molecule has 2 nitrogen and oxygen atoms in total. The van der Waals surface area contributed by atoms with E-state index in [0.717, 1.165) is 78.8 Å². The molecule has 0 saturated heterocycles. The van der Waals surface area contributed by atoms with Gasteiger partial charge in [0.2, 0.25) is 0 Å². The van der Waals surface area contributed by atoms with Crippen LogP contribution in [0.15, 0.2) is 188 Å². The summed E-state index contributed by atoms with van der Waals surface area (Å²) in [5, 5.41) is 20.4. The fraction of sp³-hybridized carbons (Fsp3) is 0.0800. The van der Waals surface area contributed by atoms with Gasteiger partial charge in [-0.3, -0.25) is 0 Å². The summed E-state index contributed by atoms with van der Waals surface area (Å²) in [6.45, 7) is 0. The molecule has 52 heavy (non-hydrogen) atoms. The third kappa shape index (κ3) is 6.97. The van der Waals surface area contributed by atoms with Crippen molar-refractivity contribution in [2.75, 3.05) is 0 Å². The average molecular weight is 665 g/mol. The summed E-state index contributed by atoms with van der Waals surface area (Å²) in [4.78, 5) is 0. The predicted octanol–water partition coefficient (Wildman–Crippen LogP) is 12.7. The van der Waals surface area contributed by atoms with Crippen molar-refractivity contribution in [3.8, 4) is 45.5 Å². The number of nitrogens with zero attached hydrogens (tertiary/aromatic N) is 2. The first kappa shape index (κ1) is 32.5. The zero-order chi connectivity index (χ0) is 35.3. The first-order chi connectivity index (χ1) is 25.6. The van der Waals surface area contributed by atoms with Gasteiger partial charge in [0.25, 0.3) is 0 Å². The van der Waals surface area contributed by atoms with Crippen LogP contribution in [-0.4, -0.2) is 0 Å². The van der Waals surface area contributed by atoms with Crippen LogP contribution < -0.4 is 0 Å².